The first kappa shape index (κ1) is 16.2. The van der Waals surface area contributed by atoms with Crippen molar-refractivity contribution in [3.8, 4) is 0 Å². The van der Waals surface area contributed by atoms with Gasteiger partial charge in [-0.05, 0) is 24.4 Å². The van der Waals surface area contributed by atoms with Gasteiger partial charge in [0.25, 0.3) is 0 Å². The highest BCUT2D eigenvalue weighted by Gasteiger charge is 2.31. The highest BCUT2D eigenvalue weighted by molar-refractivity contribution is 7.90. The van der Waals surface area contributed by atoms with Gasteiger partial charge in [0.1, 0.15) is 11.0 Å². The van der Waals surface area contributed by atoms with Crippen LogP contribution in [0.3, 0.4) is 0 Å². The Hall–Kier alpha value is -1.16. The smallest absolute Gasteiger partial charge is 0.306 e. The Morgan fingerprint density at radius 1 is 1.33 bits per heavy atom. The number of nitrogens with one attached hydrogen (secondary N) is 1. The number of piperidine rings is 1. The molecule has 0 bridgehead atoms. The van der Waals surface area contributed by atoms with Crippen LogP contribution in [0.15, 0.2) is 6.07 Å². The normalized spacial score (nSPS) is 17.6. The minimum absolute atomic E-state index is 0.0114. The zero-order chi connectivity index (χ0) is 15.6. The number of hydrogen-bond acceptors (Lipinski definition) is 5. The number of aliphatic carboxylic acids is 1. The van der Waals surface area contributed by atoms with E-state index in [4.69, 9.17) is 28.3 Å². The maximum atomic E-state index is 12.2. The summed E-state index contributed by atoms with van der Waals surface area (Å²) in [6.45, 7) is 0.248. The summed E-state index contributed by atoms with van der Waals surface area (Å²) in [5.41, 5.74) is 0. The van der Waals surface area contributed by atoms with E-state index in [0.717, 1.165) is 4.31 Å². The number of aromatic nitrogens is 2. The molecule has 11 heteroatoms. The molecule has 1 aromatic rings. The van der Waals surface area contributed by atoms with Crippen molar-refractivity contribution in [2.75, 3.05) is 17.8 Å². The van der Waals surface area contributed by atoms with Crippen LogP contribution in [0, 0.1) is 5.92 Å². The fourth-order valence-electron chi connectivity index (χ4n) is 1.98. The summed E-state index contributed by atoms with van der Waals surface area (Å²) in [5.74, 6) is -1.46. The monoisotopic (exact) mass is 354 g/mol. The second-order valence-electron chi connectivity index (χ2n) is 4.46. The van der Waals surface area contributed by atoms with Crippen molar-refractivity contribution in [3.05, 3.63) is 16.5 Å². The number of halogens is 2. The van der Waals surface area contributed by atoms with Gasteiger partial charge in [-0.1, -0.05) is 11.6 Å². The second kappa shape index (κ2) is 6.30. The SMILES string of the molecule is O=C(O)C1CCN(S(=O)(=O)Nc2cc(Cl)nc(Cl)n2)CC1. The van der Waals surface area contributed by atoms with Crippen molar-refractivity contribution in [3.63, 3.8) is 0 Å². The van der Waals surface area contributed by atoms with Crippen molar-refractivity contribution in [2.24, 2.45) is 5.92 Å². The molecule has 2 N–H and O–H groups in total. The van der Waals surface area contributed by atoms with E-state index in [9.17, 15) is 13.2 Å². The van der Waals surface area contributed by atoms with E-state index in [2.05, 4.69) is 14.7 Å². The predicted octanol–water partition coefficient (Wildman–Crippen LogP) is 1.24. The molecule has 116 valence electrons. The molecule has 0 atom stereocenters. The maximum Gasteiger partial charge on any atom is 0.306 e. The Morgan fingerprint density at radius 3 is 2.48 bits per heavy atom. The summed E-state index contributed by atoms with van der Waals surface area (Å²) in [5, 5.41) is 8.73. The van der Waals surface area contributed by atoms with E-state index in [-0.39, 0.29) is 42.2 Å². The Balaban J connectivity index is 2.07. The molecule has 1 aromatic heterocycles. The van der Waals surface area contributed by atoms with Crippen LogP contribution in [0.5, 0.6) is 0 Å². The Morgan fingerprint density at radius 2 is 1.95 bits per heavy atom. The van der Waals surface area contributed by atoms with Crippen LogP contribution in [-0.2, 0) is 15.0 Å². The van der Waals surface area contributed by atoms with Crippen LogP contribution < -0.4 is 4.72 Å². The van der Waals surface area contributed by atoms with Gasteiger partial charge in [0.2, 0.25) is 5.28 Å². The lowest BCUT2D eigenvalue weighted by Crippen LogP contribution is -2.43. The van der Waals surface area contributed by atoms with Gasteiger partial charge >= 0.3 is 16.2 Å². The number of nitrogens with zero attached hydrogens (tertiary/aromatic N) is 3. The molecule has 0 saturated carbocycles. The molecule has 0 aliphatic carbocycles. The fourth-order valence-corrected chi connectivity index (χ4v) is 3.58. The molecule has 21 heavy (non-hydrogen) atoms. The number of rotatable bonds is 4. The molecule has 2 heterocycles. The van der Waals surface area contributed by atoms with Gasteiger partial charge in [-0.15, -0.1) is 0 Å². The summed E-state index contributed by atoms with van der Waals surface area (Å²) < 4.78 is 27.8. The third-order valence-corrected chi connectivity index (χ3v) is 4.92. The zero-order valence-corrected chi connectivity index (χ0v) is 13.0. The highest BCUT2D eigenvalue weighted by atomic mass is 35.5. The average molecular weight is 355 g/mol. The third-order valence-electron chi connectivity index (χ3n) is 3.04. The molecule has 8 nitrogen and oxygen atoms in total. The van der Waals surface area contributed by atoms with Gasteiger partial charge in [0.05, 0.1) is 5.92 Å². The number of carboxylic acid groups (broad SMARTS) is 1. The molecule has 0 radical (unpaired) electrons. The molecule has 0 spiro atoms. The highest BCUT2D eigenvalue weighted by Crippen LogP contribution is 2.22. The van der Waals surface area contributed by atoms with Gasteiger partial charge < -0.3 is 5.11 Å². The lowest BCUT2D eigenvalue weighted by molar-refractivity contribution is -0.142. The lowest BCUT2D eigenvalue weighted by atomic mass is 9.99. The van der Waals surface area contributed by atoms with Crippen molar-refractivity contribution < 1.29 is 18.3 Å². The minimum atomic E-state index is -3.84. The van der Waals surface area contributed by atoms with Crippen LogP contribution in [0.2, 0.25) is 10.4 Å². The van der Waals surface area contributed by atoms with Crippen molar-refractivity contribution in [1.82, 2.24) is 14.3 Å². The largest absolute Gasteiger partial charge is 0.481 e. The van der Waals surface area contributed by atoms with Crippen molar-refractivity contribution in [2.45, 2.75) is 12.8 Å². The van der Waals surface area contributed by atoms with Gasteiger partial charge in [0.15, 0.2) is 0 Å². The van der Waals surface area contributed by atoms with E-state index in [1.54, 1.807) is 0 Å². The third kappa shape index (κ3) is 4.16. The van der Waals surface area contributed by atoms with E-state index < -0.39 is 22.1 Å². The molecule has 0 unspecified atom stereocenters. The first-order valence-electron chi connectivity index (χ1n) is 5.99. The van der Waals surface area contributed by atoms with Gasteiger partial charge in [-0.25, -0.2) is 4.98 Å². The van der Waals surface area contributed by atoms with Gasteiger partial charge in [0, 0.05) is 19.2 Å². The molecule has 1 fully saturated rings. The van der Waals surface area contributed by atoms with E-state index in [1.807, 2.05) is 0 Å². The number of hydrogen-bond donors (Lipinski definition) is 2. The summed E-state index contributed by atoms with van der Waals surface area (Å²) in [6, 6.07) is 1.23. The molecule has 2 rings (SSSR count). The topological polar surface area (TPSA) is 112 Å². The molecular weight excluding hydrogens is 343 g/mol. The van der Waals surface area contributed by atoms with E-state index in [1.165, 1.54) is 6.07 Å². The van der Waals surface area contributed by atoms with E-state index in [0.29, 0.717) is 0 Å². The minimum Gasteiger partial charge on any atom is -0.481 e. The van der Waals surface area contributed by atoms with Crippen LogP contribution in [0.1, 0.15) is 12.8 Å². The molecular formula is C10H12Cl2N4O4S. The number of carbonyl (C=O) groups is 1. The molecule has 1 saturated heterocycles. The summed E-state index contributed by atoms with van der Waals surface area (Å²) in [7, 11) is -3.84. The molecule has 0 amide bonds. The van der Waals surface area contributed by atoms with Crippen molar-refractivity contribution in [1.29, 1.82) is 0 Å². The van der Waals surface area contributed by atoms with Gasteiger partial charge in [-0.3, -0.25) is 9.52 Å². The first-order chi connectivity index (χ1) is 9.78. The van der Waals surface area contributed by atoms with Gasteiger partial charge in [-0.2, -0.15) is 17.7 Å². The van der Waals surface area contributed by atoms with Crippen LogP contribution in [0.25, 0.3) is 0 Å². The first-order valence-corrected chi connectivity index (χ1v) is 8.18. The second-order valence-corrected chi connectivity index (χ2v) is 6.86. The average Bonchev–Trinajstić information content (AvgIpc) is 2.37. The number of anilines is 1. The Bertz CT molecular complexity index is 626. The fraction of sp³-hybridized carbons (Fsp3) is 0.500. The van der Waals surface area contributed by atoms with E-state index >= 15 is 0 Å². The molecule has 1 aliphatic heterocycles. The van der Waals surface area contributed by atoms with Crippen molar-refractivity contribution >= 4 is 45.2 Å². The van der Waals surface area contributed by atoms with Crippen LogP contribution >= 0.6 is 23.2 Å². The lowest BCUT2D eigenvalue weighted by Gasteiger charge is -2.29. The summed E-state index contributed by atoms with van der Waals surface area (Å²) in [4.78, 5) is 18.2. The zero-order valence-electron chi connectivity index (χ0n) is 10.7. The van der Waals surface area contributed by atoms with Crippen LogP contribution in [-0.4, -0.2) is 46.9 Å². The maximum absolute atomic E-state index is 12.2. The summed E-state index contributed by atoms with van der Waals surface area (Å²) >= 11 is 11.3. The Kier molecular flexibility index (Phi) is 4.87. The standard InChI is InChI=1S/C10H12Cl2N4O4S/c11-7-5-8(14-10(12)13-7)15-21(19,20)16-3-1-6(2-4-16)9(17)18/h5-6H,1-4H2,(H,17,18)(H,13,14,15). The predicted molar refractivity (Wildman–Crippen MR) is 76.5 cm³/mol. The summed E-state index contributed by atoms with van der Waals surface area (Å²) in [6.07, 6.45) is 0.531. The molecule has 1 aliphatic rings. The molecule has 0 aromatic carbocycles. The number of carboxylic acids is 1. The quantitative estimate of drug-likeness (QED) is 0.621. The van der Waals surface area contributed by atoms with Crippen LogP contribution in [0.4, 0.5) is 5.82 Å². The Labute approximate surface area is 131 Å².